The monoisotopic (exact) mass is 602 g/mol. The molecule has 12 nitrogen and oxygen atoms in total. The molecular formula is C29H32F2N4O8. The Balaban J connectivity index is 1.61. The third kappa shape index (κ3) is 8.87. The second-order valence-electron chi connectivity index (χ2n) is 10.9. The van der Waals surface area contributed by atoms with Crippen molar-refractivity contribution in [3.8, 4) is 23.0 Å². The fraction of sp³-hybridized carbons (Fsp3) is 0.414. The Morgan fingerprint density at radius 1 is 1.14 bits per heavy atom. The number of benzene rings is 1. The predicted octanol–water partition coefficient (Wildman–Crippen LogP) is 5.34. The molecule has 1 aromatic carbocycles. The lowest BCUT2D eigenvalue weighted by Crippen LogP contribution is -2.34. The number of alkyl halides is 2. The summed E-state index contributed by atoms with van der Waals surface area (Å²) in [4.78, 5) is 44.6. The minimum Gasteiger partial charge on any atom is -0.489 e. The van der Waals surface area contributed by atoms with E-state index < -0.39 is 36.2 Å². The Hall–Kier alpha value is -4.75. The lowest BCUT2D eigenvalue weighted by Gasteiger charge is -2.21. The first-order valence-electron chi connectivity index (χ1n) is 13.5. The zero-order chi connectivity index (χ0) is 31.3. The van der Waals surface area contributed by atoms with E-state index in [0.717, 1.165) is 19.0 Å². The van der Waals surface area contributed by atoms with Gasteiger partial charge in [0, 0.05) is 11.8 Å². The number of carbonyl (C=O) groups is 3. The Morgan fingerprint density at radius 2 is 1.88 bits per heavy atom. The van der Waals surface area contributed by atoms with Crippen molar-refractivity contribution in [1.82, 2.24) is 20.6 Å². The van der Waals surface area contributed by atoms with E-state index in [1.165, 1.54) is 30.3 Å². The van der Waals surface area contributed by atoms with E-state index in [1.54, 1.807) is 27.7 Å². The molecule has 1 fully saturated rings. The van der Waals surface area contributed by atoms with Gasteiger partial charge in [-0.05, 0) is 76.8 Å². The van der Waals surface area contributed by atoms with E-state index in [1.807, 2.05) is 0 Å². The van der Waals surface area contributed by atoms with Crippen molar-refractivity contribution >= 4 is 18.0 Å². The van der Waals surface area contributed by atoms with Crippen LogP contribution >= 0.6 is 0 Å². The van der Waals surface area contributed by atoms with Gasteiger partial charge in [-0.25, -0.2) is 14.6 Å². The molecule has 2 aromatic heterocycles. The van der Waals surface area contributed by atoms with Gasteiger partial charge in [0.2, 0.25) is 5.89 Å². The molecule has 0 bridgehead atoms. The Morgan fingerprint density at radius 3 is 2.49 bits per heavy atom. The van der Waals surface area contributed by atoms with Gasteiger partial charge in [0.25, 0.3) is 5.91 Å². The summed E-state index contributed by atoms with van der Waals surface area (Å²) in [5, 5.41) is 14.4. The number of carbonyl (C=O) groups excluding carboxylic acids is 2. The average molecular weight is 603 g/mol. The lowest BCUT2D eigenvalue weighted by atomic mass is 10.2. The van der Waals surface area contributed by atoms with E-state index in [9.17, 15) is 23.2 Å². The Kier molecular flexibility index (Phi) is 9.46. The Bertz CT molecular complexity index is 1470. The number of nitrogens with zero attached hydrogens (tertiary/aromatic N) is 2. The zero-order valence-electron chi connectivity index (χ0n) is 24.0. The highest BCUT2D eigenvalue weighted by molar-refractivity contribution is 5.93. The van der Waals surface area contributed by atoms with Gasteiger partial charge >= 0.3 is 18.7 Å². The van der Waals surface area contributed by atoms with Crippen LogP contribution in [-0.2, 0) is 11.3 Å². The second-order valence-corrected chi connectivity index (χ2v) is 10.9. The van der Waals surface area contributed by atoms with Crippen LogP contribution in [0.3, 0.4) is 0 Å². The molecule has 1 aliphatic carbocycles. The number of halogens is 2. The summed E-state index contributed by atoms with van der Waals surface area (Å²) in [7, 11) is 0. The fourth-order valence-electron chi connectivity index (χ4n) is 3.85. The Labute approximate surface area is 245 Å². The average Bonchev–Trinajstić information content (AvgIpc) is 3.66. The van der Waals surface area contributed by atoms with Crippen molar-refractivity contribution in [2.75, 3.05) is 6.61 Å². The smallest absolute Gasteiger partial charge is 0.408 e. The maximum Gasteiger partial charge on any atom is 0.408 e. The number of amides is 2. The first-order valence-corrected chi connectivity index (χ1v) is 13.5. The van der Waals surface area contributed by atoms with Gasteiger partial charge in [-0.1, -0.05) is 0 Å². The minimum atomic E-state index is -3.05. The van der Waals surface area contributed by atoms with Crippen molar-refractivity contribution in [2.45, 2.75) is 65.3 Å². The van der Waals surface area contributed by atoms with Crippen LogP contribution in [0.15, 0.2) is 40.9 Å². The van der Waals surface area contributed by atoms with Gasteiger partial charge in [0.05, 0.1) is 24.8 Å². The number of aromatic nitrogens is 2. The quantitative estimate of drug-likeness (QED) is 0.247. The van der Waals surface area contributed by atoms with Crippen molar-refractivity contribution in [3.05, 3.63) is 59.2 Å². The number of carboxylic acid groups (broad SMARTS) is 1. The highest BCUT2D eigenvalue weighted by Crippen LogP contribution is 2.37. The molecule has 0 spiro atoms. The highest BCUT2D eigenvalue weighted by Gasteiger charge is 2.26. The first kappa shape index (κ1) is 31.2. The number of carboxylic acids is 1. The van der Waals surface area contributed by atoms with Crippen LogP contribution in [0.25, 0.3) is 11.5 Å². The lowest BCUT2D eigenvalue weighted by molar-refractivity contribution is -0.0515. The van der Waals surface area contributed by atoms with Gasteiger partial charge in [-0.2, -0.15) is 8.78 Å². The summed E-state index contributed by atoms with van der Waals surface area (Å²) >= 11 is 0. The summed E-state index contributed by atoms with van der Waals surface area (Å²) < 4.78 is 47.7. The van der Waals surface area contributed by atoms with E-state index in [4.69, 9.17) is 19.0 Å². The molecule has 43 heavy (non-hydrogen) atoms. The number of aromatic carboxylic acids is 1. The van der Waals surface area contributed by atoms with Gasteiger partial charge < -0.3 is 34.4 Å². The molecule has 1 unspecified atom stereocenters. The molecule has 0 radical (unpaired) electrons. The van der Waals surface area contributed by atoms with Crippen molar-refractivity contribution < 1.29 is 46.9 Å². The first-order chi connectivity index (χ1) is 20.3. The summed E-state index contributed by atoms with van der Waals surface area (Å²) in [6, 6.07) is 6.03. The number of pyridine rings is 1. The van der Waals surface area contributed by atoms with Crippen LogP contribution in [-0.4, -0.2) is 51.9 Å². The van der Waals surface area contributed by atoms with Crippen LogP contribution in [0.5, 0.6) is 11.5 Å². The van der Waals surface area contributed by atoms with Gasteiger partial charge in [0.1, 0.15) is 17.0 Å². The number of rotatable bonds is 12. The molecule has 3 N–H and O–H groups in total. The fourth-order valence-corrected chi connectivity index (χ4v) is 3.85. The molecule has 1 aliphatic rings. The number of oxazole rings is 1. The third-order valence-corrected chi connectivity index (χ3v) is 6.09. The van der Waals surface area contributed by atoms with E-state index in [2.05, 4.69) is 25.3 Å². The number of hydrogen-bond acceptors (Lipinski definition) is 9. The SMILES string of the molecule is CC(NC(=O)OC(C)(C)C)c1oc(-c2ccc(OC(F)F)c(OCC3CC3)c2)nc1CNC(=O)c1ccc(C(=O)O)cn1. The number of ether oxygens (including phenoxy) is 3. The van der Waals surface area contributed by atoms with Crippen LogP contribution in [0, 0.1) is 5.92 Å². The number of hydrogen-bond donors (Lipinski definition) is 3. The maximum absolute atomic E-state index is 13.0. The molecule has 14 heteroatoms. The molecule has 230 valence electrons. The molecule has 0 aliphatic heterocycles. The van der Waals surface area contributed by atoms with Crippen molar-refractivity contribution in [2.24, 2.45) is 5.92 Å². The molecule has 2 amide bonds. The molecule has 3 aromatic rings. The van der Waals surface area contributed by atoms with Gasteiger partial charge in [-0.3, -0.25) is 9.78 Å². The van der Waals surface area contributed by atoms with E-state index >= 15 is 0 Å². The molecule has 2 heterocycles. The van der Waals surface area contributed by atoms with E-state index in [-0.39, 0.29) is 46.6 Å². The summed E-state index contributed by atoms with van der Waals surface area (Å²) in [6.45, 7) is 3.92. The molecule has 0 saturated heterocycles. The summed E-state index contributed by atoms with van der Waals surface area (Å²) in [5.41, 5.74) is -0.228. The van der Waals surface area contributed by atoms with Crippen molar-refractivity contribution in [1.29, 1.82) is 0 Å². The molecule has 4 rings (SSSR count). The topological polar surface area (TPSA) is 162 Å². The second kappa shape index (κ2) is 13.0. The number of alkyl carbamates (subject to hydrolysis) is 1. The van der Waals surface area contributed by atoms with Crippen LogP contribution in [0.4, 0.5) is 13.6 Å². The maximum atomic E-state index is 13.0. The third-order valence-electron chi connectivity index (χ3n) is 6.09. The minimum absolute atomic E-state index is 0.0257. The van der Waals surface area contributed by atoms with Crippen molar-refractivity contribution in [3.63, 3.8) is 0 Å². The molecule has 1 atom stereocenters. The van der Waals surface area contributed by atoms with E-state index in [0.29, 0.717) is 18.1 Å². The van der Waals surface area contributed by atoms with Gasteiger partial charge in [-0.15, -0.1) is 0 Å². The number of nitrogens with one attached hydrogen (secondary N) is 2. The standard InChI is InChI=1S/C29H32F2N4O8/c1-15(34-28(39)43-29(2,3)4)23-20(13-33-24(36)19-9-7-18(12-32-19)26(37)38)35-25(42-23)17-8-10-21(41-27(30)31)22(11-17)40-14-16-5-6-16/h7-12,15-16,27H,5-6,13-14H2,1-4H3,(H,33,36)(H,34,39)(H,37,38). The summed E-state index contributed by atoms with van der Waals surface area (Å²) in [6.07, 6.45) is 2.34. The van der Waals surface area contributed by atoms with Gasteiger partial charge in [0.15, 0.2) is 17.3 Å². The highest BCUT2D eigenvalue weighted by atomic mass is 19.3. The van der Waals surface area contributed by atoms with Crippen LogP contribution in [0.1, 0.15) is 78.9 Å². The zero-order valence-corrected chi connectivity index (χ0v) is 24.0. The normalized spacial score (nSPS) is 13.7. The predicted molar refractivity (Wildman–Crippen MR) is 147 cm³/mol. The molecular weight excluding hydrogens is 570 g/mol. The molecule has 1 saturated carbocycles. The largest absolute Gasteiger partial charge is 0.489 e. The summed E-state index contributed by atoms with van der Waals surface area (Å²) in [5.74, 6) is -1.22. The van der Waals surface area contributed by atoms with Crippen LogP contribution in [0.2, 0.25) is 0 Å². The van der Waals surface area contributed by atoms with Crippen LogP contribution < -0.4 is 20.1 Å².